The first kappa shape index (κ1) is 13.2. The summed E-state index contributed by atoms with van der Waals surface area (Å²) in [6.45, 7) is 8.97. The summed E-state index contributed by atoms with van der Waals surface area (Å²) in [6.07, 6.45) is 2.58. The van der Waals surface area contributed by atoms with Gasteiger partial charge in [-0.1, -0.05) is 63.9 Å². The zero-order chi connectivity index (χ0) is 11.8. The van der Waals surface area contributed by atoms with Crippen LogP contribution in [0, 0.1) is 5.92 Å². The van der Waals surface area contributed by atoms with Gasteiger partial charge in [-0.3, -0.25) is 0 Å². The molecule has 1 nitrogen and oxygen atoms in total. The van der Waals surface area contributed by atoms with Crippen LogP contribution in [-0.2, 0) is 0 Å². The van der Waals surface area contributed by atoms with Crippen molar-refractivity contribution < 1.29 is 0 Å². The number of nitrogens with one attached hydrogen (secondary N) is 1. The Morgan fingerprint density at radius 3 is 2.38 bits per heavy atom. The van der Waals surface area contributed by atoms with Crippen molar-refractivity contribution >= 4 is 0 Å². The normalized spacial score (nSPS) is 14.7. The van der Waals surface area contributed by atoms with Gasteiger partial charge in [0.2, 0.25) is 0 Å². The van der Waals surface area contributed by atoms with Crippen molar-refractivity contribution in [3.63, 3.8) is 0 Å². The second-order valence-electron chi connectivity index (χ2n) is 4.59. The highest BCUT2D eigenvalue weighted by molar-refractivity contribution is 5.20. The molecule has 1 heteroatoms. The molecular formula is C15H25N. The Kier molecular flexibility index (Phi) is 6.17. The second kappa shape index (κ2) is 7.45. The maximum absolute atomic E-state index is 3.49. The summed E-state index contributed by atoms with van der Waals surface area (Å²) < 4.78 is 0. The smallest absolute Gasteiger partial charge is 0.00226 e. The van der Waals surface area contributed by atoms with Crippen LogP contribution in [0.4, 0.5) is 0 Å². The van der Waals surface area contributed by atoms with Gasteiger partial charge in [0.15, 0.2) is 0 Å². The van der Waals surface area contributed by atoms with Gasteiger partial charge in [-0.15, -0.1) is 0 Å². The van der Waals surface area contributed by atoms with Crippen LogP contribution in [0.25, 0.3) is 0 Å². The summed E-state index contributed by atoms with van der Waals surface area (Å²) in [4.78, 5) is 0. The molecule has 2 atom stereocenters. The van der Waals surface area contributed by atoms with E-state index in [1.54, 1.807) is 0 Å². The molecule has 0 amide bonds. The van der Waals surface area contributed by atoms with E-state index in [0.717, 1.165) is 19.0 Å². The number of hydrogen-bond donors (Lipinski definition) is 1. The van der Waals surface area contributed by atoms with Gasteiger partial charge in [-0.2, -0.15) is 0 Å². The van der Waals surface area contributed by atoms with E-state index in [1.165, 1.54) is 18.4 Å². The topological polar surface area (TPSA) is 12.0 Å². The van der Waals surface area contributed by atoms with E-state index < -0.39 is 0 Å². The lowest BCUT2D eigenvalue weighted by molar-refractivity contribution is 0.407. The first-order chi connectivity index (χ1) is 7.79. The van der Waals surface area contributed by atoms with Crippen LogP contribution in [0.15, 0.2) is 30.3 Å². The Morgan fingerprint density at radius 1 is 1.12 bits per heavy atom. The summed E-state index contributed by atoms with van der Waals surface area (Å²) in [5, 5.41) is 3.49. The molecule has 2 unspecified atom stereocenters. The monoisotopic (exact) mass is 219 g/mol. The zero-order valence-electron chi connectivity index (χ0n) is 10.9. The number of hydrogen-bond acceptors (Lipinski definition) is 1. The van der Waals surface area contributed by atoms with Gasteiger partial charge in [-0.05, 0) is 23.9 Å². The van der Waals surface area contributed by atoms with E-state index in [0.29, 0.717) is 5.92 Å². The van der Waals surface area contributed by atoms with Crippen LogP contribution >= 0.6 is 0 Å². The summed E-state index contributed by atoms with van der Waals surface area (Å²) >= 11 is 0. The minimum absolute atomic E-state index is 0.654. The Hall–Kier alpha value is -0.820. The molecule has 1 aromatic carbocycles. The van der Waals surface area contributed by atoms with Crippen LogP contribution in [-0.4, -0.2) is 13.1 Å². The van der Waals surface area contributed by atoms with Crippen LogP contribution < -0.4 is 5.32 Å². The lowest BCUT2D eigenvalue weighted by atomic mass is 9.84. The van der Waals surface area contributed by atoms with Crippen molar-refractivity contribution in [2.75, 3.05) is 13.1 Å². The molecule has 1 aromatic rings. The van der Waals surface area contributed by atoms with Gasteiger partial charge in [0.25, 0.3) is 0 Å². The van der Waals surface area contributed by atoms with E-state index in [1.807, 2.05) is 0 Å². The summed E-state index contributed by atoms with van der Waals surface area (Å²) in [5.74, 6) is 1.41. The first-order valence-corrected chi connectivity index (χ1v) is 6.55. The third-order valence-corrected chi connectivity index (χ3v) is 3.27. The van der Waals surface area contributed by atoms with Crippen LogP contribution in [0.1, 0.15) is 45.1 Å². The van der Waals surface area contributed by atoms with Crippen molar-refractivity contribution in [3.8, 4) is 0 Å². The largest absolute Gasteiger partial charge is 0.316 e. The molecule has 0 aliphatic rings. The van der Waals surface area contributed by atoms with Crippen molar-refractivity contribution in [3.05, 3.63) is 35.9 Å². The molecule has 1 N–H and O–H groups in total. The SMILES string of the molecule is CCCC(C)C(CNCC)c1ccccc1. The average Bonchev–Trinajstić information content (AvgIpc) is 2.31. The third-order valence-electron chi connectivity index (χ3n) is 3.27. The quantitative estimate of drug-likeness (QED) is 0.735. The molecule has 0 aromatic heterocycles. The van der Waals surface area contributed by atoms with E-state index in [9.17, 15) is 0 Å². The minimum atomic E-state index is 0.654. The Balaban J connectivity index is 2.70. The van der Waals surface area contributed by atoms with Gasteiger partial charge < -0.3 is 5.32 Å². The molecular weight excluding hydrogens is 194 g/mol. The fourth-order valence-electron chi connectivity index (χ4n) is 2.30. The lowest BCUT2D eigenvalue weighted by Gasteiger charge is -2.24. The van der Waals surface area contributed by atoms with Gasteiger partial charge >= 0.3 is 0 Å². The predicted molar refractivity (Wildman–Crippen MR) is 71.8 cm³/mol. The average molecular weight is 219 g/mol. The molecule has 0 spiro atoms. The van der Waals surface area contributed by atoms with E-state index in [2.05, 4.69) is 56.4 Å². The summed E-state index contributed by atoms with van der Waals surface area (Å²) in [5.41, 5.74) is 1.48. The molecule has 1 rings (SSSR count). The van der Waals surface area contributed by atoms with Crippen LogP contribution in [0.3, 0.4) is 0 Å². The fraction of sp³-hybridized carbons (Fsp3) is 0.600. The van der Waals surface area contributed by atoms with E-state index in [-0.39, 0.29) is 0 Å². The number of benzene rings is 1. The maximum Gasteiger partial charge on any atom is 0.00226 e. The van der Waals surface area contributed by atoms with Crippen LogP contribution in [0.5, 0.6) is 0 Å². The maximum atomic E-state index is 3.49. The van der Waals surface area contributed by atoms with Gasteiger partial charge in [0.1, 0.15) is 0 Å². The molecule has 0 radical (unpaired) electrons. The van der Waals surface area contributed by atoms with Crippen molar-refractivity contribution in [1.29, 1.82) is 0 Å². The highest BCUT2D eigenvalue weighted by atomic mass is 14.8. The van der Waals surface area contributed by atoms with Crippen LogP contribution in [0.2, 0.25) is 0 Å². The van der Waals surface area contributed by atoms with E-state index >= 15 is 0 Å². The lowest BCUT2D eigenvalue weighted by Crippen LogP contribution is -2.25. The van der Waals surface area contributed by atoms with Crippen molar-refractivity contribution in [2.24, 2.45) is 5.92 Å². The second-order valence-corrected chi connectivity index (χ2v) is 4.59. The number of likely N-dealkylation sites (N-methyl/N-ethyl adjacent to an activating group) is 1. The molecule has 16 heavy (non-hydrogen) atoms. The number of rotatable bonds is 7. The van der Waals surface area contributed by atoms with Crippen molar-refractivity contribution in [2.45, 2.75) is 39.5 Å². The summed E-state index contributed by atoms with van der Waals surface area (Å²) in [6, 6.07) is 10.9. The minimum Gasteiger partial charge on any atom is -0.316 e. The molecule has 90 valence electrons. The first-order valence-electron chi connectivity index (χ1n) is 6.55. The Morgan fingerprint density at radius 2 is 1.81 bits per heavy atom. The molecule has 0 fully saturated rings. The molecule has 0 saturated carbocycles. The molecule has 0 bridgehead atoms. The van der Waals surface area contributed by atoms with E-state index in [4.69, 9.17) is 0 Å². The van der Waals surface area contributed by atoms with Gasteiger partial charge in [0, 0.05) is 6.54 Å². The highest BCUT2D eigenvalue weighted by Crippen LogP contribution is 2.27. The third kappa shape index (κ3) is 3.97. The summed E-state index contributed by atoms with van der Waals surface area (Å²) in [7, 11) is 0. The predicted octanol–water partition coefficient (Wildman–Crippen LogP) is 3.82. The van der Waals surface area contributed by atoms with Gasteiger partial charge in [0.05, 0.1) is 0 Å². The molecule has 0 heterocycles. The molecule has 0 aliphatic heterocycles. The fourth-order valence-corrected chi connectivity index (χ4v) is 2.30. The highest BCUT2D eigenvalue weighted by Gasteiger charge is 2.17. The Labute approximate surface area is 100 Å². The molecule has 0 aliphatic carbocycles. The van der Waals surface area contributed by atoms with Gasteiger partial charge in [-0.25, -0.2) is 0 Å². The standard InChI is InChI=1S/C15H25N/c1-4-9-13(3)15(12-16-5-2)14-10-7-6-8-11-14/h6-8,10-11,13,15-16H,4-5,9,12H2,1-3H3. The molecule has 0 saturated heterocycles. The van der Waals surface area contributed by atoms with Crippen molar-refractivity contribution in [1.82, 2.24) is 5.32 Å². The zero-order valence-corrected chi connectivity index (χ0v) is 10.9. The Bertz CT molecular complexity index is 268.